The van der Waals surface area contributed by atoms with Gasteiger partial charge in [-0.05, 0) is 13.0 Å². The van der Waals surface area contributed by atoms with Gasteiger partial charge in [-0.1, -0.05) is 11.6 Å². The number of amides is 1. The molecule has 8 heteroatoms. The number of nitrogens with zero attached hydrogens (tertiary/aromatic N) is 3. The van der Waals surface area contributed by atoms with E-state index in [2.05, 4.69) is 10.3 Å². The van der Waals surface area contributed by atoms with E-state index >= 15 is 0 Å². The second-order valence-electron chi connectivity index (χ2n) is 4.18. The van der Waals surface area contributed by atoms with Crippen molar-refractivity contribution in [3.8, 4) is 0 Å². The fourth-order valence-electron chi connectivity index (χ4n) is 1.96. The smallest absolute Gasteiger partial charge is 0.300 e. The third-order valence-electron chi connectivity index (χ3n) is 3.08. The van der Waals surface area contributed by atoms with Gasteiger partial charge in [0.05, 0.1) is 11.0 Å². The van der Waals surface area contributed by atoms with Gasteiger partial charge < -0.3 is 10.2 Å². The SMILES string of the molecule is CCN(C(=O)c1cc(Cl)ncc1[N+](=O)[O-])C1CNC1. The molecule has 0 saturated carbocycles. The zero-order chi connectivity index (χ0) is 14.0. The van der Waals surface area contributed by atoms with Crippen LogP contribution in [0.2, 0.25) is 5.15 Å². The number of hydrogen-bond donors (Lipinski definition) is 1. The van der Waals surface area contributed by atoms with Crippen molar-refractivity contribution in [2.75, 3.05) is 19.6 Å². The molecule has 0 radical (unpaired) electrons. The van der Waals surface area contributed by atoms with Gasteiger partial charge in [0, 0.05) is 19.6 Å². The molecule has 1 amide bonds. The summed E-state index contributed by atoms with van der Waals surface area (Å²) in [7, 11) is 0. The fraction of sp³-hybridized carbons (Fsp3) is 0.455. The van der Waals surface area contributed by atoms with Gasteiger partial charge >= 0.3 is 0 Å². The molecule has 1 saturated heterocycles. The molecule has 0 aromatic carbocycles. The molecule has 19 heavy (non-hydrogen) atoms. The zero-order valence-electron chi connectivity index (χ0n) is 10.3. The van der Waals surface area contributed by atoms with Crippen LogP contribution < -0.4 is 5.32 Å². The highest BCUT2D eigenvalue weighted by Crippen LogP contribution is 2.23. The summed E-state index contributed by atoms with van der Waals surface area (Å²) in [6.45, 7) is 3.73. The molecule has 1 aromatic heterocycles. The number of likely N-dealkylation sites (N-methyl/N-ethyl adjacent to an activating group) is 1. The van der Waals surface area contributed by atoms with Crippen molar-refractivity contribution in [2.45, 2.75) is 13.0 Å². The maximum absolute atomic E-state index is 12.4. The van der Waals surface area contributed by atoms with E-state index in [9.17, 15) is 14.9 Å². The van der Waals surface area contributed by atoms with E-state index in [0.29, 0.717) is 19.6 Å². The molecular formula is C11H13ClN4O3. The van der Waals surface area contributed by atoms with E-state index < -0.39 is 4.92 Å². The molecule has 0 atom stereocenters. The van der Waals surface area contributed by atoms with Crippen LogP contribution in [0.3, 0.4) is 0 Å². The van der Waals surface area contributed by atoms with Crippen molar-refractivity contribution in [3.05, 3.63) is 33.1 Å². The first-order valence-electron chi connectivity index (χ1n) is 5.86. The highest BCUT2D eigenvalue weighted by Gasteiger charge is 2.31. The van der Waals surface area contributed by atoms with Crippen LogP contribution in [-0.4, -0.2) is 46.4 Å². The first-order chi connectivity index (χ1) is 9.04. The number of halogens is 1. The van der Waals surface area contributed by atoms with Gasteiger partial charge in [0.25, 0.3) is 11.6 Å². The number of aromatic nitrogens is 1. The fourth-order valence-corrected chi connectivity index (χ4v) is 2.11. The van der Waals surface area contributed by atoms with E-state index in [1.165, 1.54) is 6.07 Å². The molecule has 0 aliphatic carbocycles. The summed E-state index contributed by atoms with van der Waals surface area (Å²) < 4.78 is 0. The molecule has 2 heterocycles. The van der Waals surface area contributed by atoms with Gasteiger partial charge in [-0.25, -0.2) is 4.98 Å². The lowest BCUT2D eigenvalue weighted by Crippen LogP contribution is -2.58. The average Bonchev–Trinajstić information content (AvgIpc) is 2.32. The second kappa shape index (κ2) is 5.50. The van der Waals surface area contributed by atoms with Gasteiger partial charge in [0.15, 0.2) is 0 Å². The Morgan fingerprint density at radius 3 is 2.84 bits per heavy atom. The molecule has 0 bridgehead atoms. The molecule has 0 spiro atoms. The minimum absolute atomic E-state index is 0.0150. The molecule has 1 aliphatic heterocycles. The molecular weight excluding hydrogens is 272 g/mol. The Balaban J connectivity index is 2.35. The summed E-state index contributed by atoms with van der Waals surface area (Å²) in [4.78, 5) is 28.0. The largest absolute Gasteiger partial charge is 0.333 e. The van der Waals surface area contributed by atoms with Crippen LogP contribution in [0.4, 0.5) is 5.69 Å². The van der Waals surface area contributed by atoms with Crippen LogP contribution >= 0.6 is 11.6 Å². The summed E-state index contributed by atoms with van der Waals surface area (Å²) in [5.74, 6) is -0.384. The standard InChI is InChI=1S/C11H13ClN4O3/c1-2-15(7-4-13-5-7)11(17)8-3-10(12)14-6-9(8)16(18)19/h3,6-7,13H,2,4-5H2,1H3. The Kier molecular flexibility index (Phi) is 3.96. The first kappa shape index (κ1) is 13.7. The Labute approximate surface area is 114 Å². The number of carbonyl (C=O) groups excluding carboxylic acids is 1. The predicted octanol–water partition coefficient (Wildman–Crippen LogP) is 1.08. The number of nitrogens with one attached hydrogen (secondary N) is 1. The minimum atomic E-state index is -0.622. The van der Waals surface area contributed by atoms with Crippen molar-refractivity contribution in [2.24, 2.45) is 0 Å². The number of hydrogen-bond acceptors (Lipinski definition) is 5. The van der Waals surface area contributed by atoms with Gasteiger partial charge in [-0.15, -0.1) is 0 Å². The van der Waals surface area contributed by atoms with Crippen molar-refractivity contribution in [1.82, 2.24) is 15.2 Å². The van der Waals surface area contributed by atoms with E-state index in [1.54, 1.807) is 4.90 Å². The average molecular weight is 285 g/mol. The lowest BCUT2D eigenvalue weighted by atomic mass is 10.1. The molecule has 0 unspecified atom stereocenters. The Bertz CT molecular complexity index is 519. The van der Waals surface area contributed by atoms with Crippen LogP contribution in [0.25, 0.3) is 0 Å². The van der Waals surface area contributed by atoms with E-state index in [4.69, 9.17) is 11.6 Å². The minimum Gasteiger partial charge on any atom is -0.333 e. The molecule has 2 rings (SSSR count). The first-order valence-corrected chi connectivity index (χ1v) is 6.24. The van der Waals surface area contributed by atoms with Crippen molar-refractivity contribution >= 4 is 23.2 Å². The molecule has 1 aliphatic rings. The van der Waals surface area contributed by atoms with Gasteiger partial charge in [-0.3, -0.25) is 14.9 Å². The quantitative estimate of drug-likeness (QED) is 0.508. The molecule has 7 nitrogen and oxygen atoms in total. The predicted molar refractivity (Wildman–Crippen MR) is 69.3 cm³/mol. The van der Waals surface area contributed by atoms with Gasteiger partial charge in [-0.2, -0.15) is 0 Å². The summed E-state index contributed by atoms with van der Waals surface area (Å²) >= 11 is 5.72. The van der Waals surface area contributed by atoms with Crippen molar-refractivity contribution in [1.29, 1.82) is 0 Å². The third-order valence-corrected chi connectivity index (χ3v) is 3.29. The number of pyridine rings is 1. The second-order valence-corrected chi connectivity index (χ2v) is 4.57. The molecule has 1 N–H and O–H groups in total. The normalized spacial score (nSPS) is 14.8. The third kappa shape index (κ3) is 2.66. The van der Waals surface area contributed by atoms with Crippen LogP contribution in [0.5, 0.6) is 0 Å². The van der Waals surface area contributed by atoms with E-state index in [1.807, 2.05) is 6.92 Å². The van der Waals surface area contributed by atoms with Crippen LogP contribution in [0.1, 0.15) is 17.3 Å². The lowest BCUT2D eigenvalue weighted by molar-refractivity contribution is -0.385. The molecule has 1 aromatic rings. The number of carbonyl (C=O) groups is 1. The molecule has 102 valence electrons. The maximum Gasteiger partial charge on any atom is 0.300 e. The zero-order valence-corrected chi connectivity index (χ0v) is 11.1. The summed E-state index contributed by atoms with van der Waals surface area (Å²) in [5, 5.41) is 14.1. The topological polar surface area (TPSA) is 88.4 Å². The van der Waals surface area contributed by atoms with Crippen LogP contribution in [-0.2, 0) is 0 Å². The Morgan fingerprint density at radius 1 is 1.68 bits per heavy atom. The highest BCUT2D eigenvalue weighted by atomic mass is 35.5. The number of rotatable bonds is 4. The Hall–Kier alpha value is -1.73. The van der Waals surface area contributed by atoms with E-state index in [0.717, 1.165) is 6.20 Å². The van der Waals surface area contributed by atoms with Crippen LogP contribution in [0.15, 0.2) is 12.3 Å². The Morgan fingerprint density at radius 2 is 2.37 bits per heavy atom. The van der Waals surface area contributed by atoms with E-state index in [-0.39, 0.29) is 28.4 Å². The van der Waals surface area contributed by atoms with Crippen LogP contribution in [0, 0.1) is 10.1 Å². The summed E-state index contributed by atoms with van der Waals surface area (Å²) in [6.07, 6.45) is 1.02. The van der Waals surface area contributed by atoms with Gasteiger partial charge in [0.2, 0.25) is 0 Å². The summed E-state index contributed by atoms with van der Waals surface area (Å²) in [5.41, 5.74) is -0.334. The lowest BCUT2D eigenvalue weighted by Gasteiger charge is -2.37. The highest BCUT2D eigenvalue weighted by molar-refractivity contribution is 6.29. The number of nitro groups is 1. The van der Waals surface area contributed by atoms with Gasteiger partial charge in [0.1, 0.15) is 16.9 Å². The van der Waals surface area contributed by atoms with Crippen molar-refractivity contribution < 1.29 is 9.72 Å². The monoisotopic (exact) mass is 284 g/mol. The summed E-state index contributed by atoms with van der Waals surface area (Å²) in [6, 6.07) is 1.32. The maximum atomic E-state index is 12.4. The molecule has 1 fully saturated rings. The van der Waals surface area contributed by atoms with Crippen molar-refractivity contribution in [3.63, 3.8) is 0 Å².